The summed E-state index contributed by atoms with van der Waals surface area (Å²) in [5, 5.41) is 2.80. The highest BCUT2D eigenvalue weighted by molar-refractivity contribution is 5.99. The number of rotatable bonds is 4. The molecular weight excluding hydrogens is 261 g/mol. The van der Waals surface area contributed by atoms with Crippen LogP contribution in [0, 0.1) is 5.82 Å². The van der Waals surface area contributed by atoms with Gasteiger partial charge in [0.25, 0.3) is 5.91 Å². The van der Waals surface area contributed by atoms with E-state index in [0.717, 1.165) is 0 Å². The lowest BCUT2D eigenvalue weighted by atomic mass is 10.1. The van der Waals surface area contributed by atoms with Gasteiger partial charge in [0.2, 0.25) is 0 Å². The van der Waals surface area contributed by atoms with Gasteiger partial charge in [-0.1, -0.05) is 0 Å². The first-order valence-electron chi connectivity index (χ1n) is 5.81. The molecule has 1 amide bonds. The SMILES string of the molecule is COc1ccc(F)c(Nc2cc(N)ccc2C(N)=O)c1. The smallest absolute Gasteiger partial charge is 0.250 e. The second kappa shape index (κ2) is 5.48. The topological polar surface area (TPSA) is 90.4 Å². The Hall–Kier alpha value is -2.76. The Kier molecular flexibility index (Phi) is 3.74. The molecule has 0 unspecified atom stereocenters. The molecule has 0 saturated heterocycles. The fraction of sp³-hybridized carbons (Fsp3) is 0.0714. The average Bonchev–Trinajstić information content (AvgIpc) is 2.41. The molecule has 0 radical (unpaired) electrons. The first-order valence-corrected chi connectivity index (χ1v) is 5.81. The lowest BCUT2D eigenvalue weighted by molar-refractivity contribution is 0.100. The summed E-state index contributed by atoms with van der Waals surface area (Å²) in [5.41, 5.74) is 12.1. The fourth-order valence-electron chi connectivity index (χ4n) is 1.75. The third-order valence-electron chi connectivity index (χ3n) is 2.75. The van der Waals surface area contributed by atoms with Crippen LogP contribution >= 0.6 is 0 Å². The largest absolute Gasteiger partial charge is 0.497 e. The van der Waals surface area contributed by atoms with Crippen molar-refractivity contribution >= 4 is 23.0 Å². The summed E-state index contributed by atoms with van der Waals surface area (Å²) < 4.78 is 18.8. The standard InChI is InChI=1S/C14H14FN3O2/c1-20-9-3-5-11(15)13(7-9)18-12-6-8(16)2-4-10(12)14(17)19/h2-7,18H,16H2,1H3,(H2,17,19). The van der Waals surface area contributed by atoms with Gasteiger partial charge in [0.1, 0.15) is 11.6 Å². The van der Waals surface area contributed by atoms with E-state index in [1.165, 1.54) is 37.4 Å². The van der Waals surface area contributed by atoms with Gasteiger partial charge in [-0.15, -0.1) is 0 Å². The van der Waals surface area contributed by atoms with Crippen molar-refractivity contribution in [1.82, 2.24) is 0 Å². The van der Waals surface area contributed by atoms with Crippen molar-refractivity contribution in [3.63, 3.8) is 0 Å². The molecule has 5 N–H and O–H groups in total. The maximum Gasteiger partial charge on any atom is 0.250 e. The molecule has 0 spiro atoms. The summed E-state index contributed by atoms with van der Waals surface area (Å²) >= 11 is 0. The minimum atomic E-state index is -0.629. The van der Waals surface area contributed by atoms with Crippen molar-refractivity contribution in [1.29, 1.82) is 0 Å². The number of anilines is 3. The number of nitrogens with one attached hydrogen (secondary N) is 1. The van der Waals surface area contributed by atoms with E-state index < -0.39 is 11.7 Å². The summed E-state index contributed by atoms with van der Waals surface area (Å²) in [6, 6.07) is 8.78. The number of benzene rings is 2. The average molecular weight is 275 g/mol. The summed E-state index contributed by atoms with van der Waals surface area (Å²) in [6.07, 6.45) is 0. The number of carbonyl (C=O) groups excluding carboxylic acids is 1. The van der Waals surface area contributed by atoms with Gasteiger partial charge in [0, 0.05) is 11.8 Å². The van der Waals surface area contributed by atoms with Crippen molar-refractivity contribution in [2.24, 2.45) is 5.73 Å². The molecule has 0 aliphatic heterocycles. The highest BCUT2D eigenvalue weighted by atomic mass is 19.1. The highest BCUT2D eigenvalue weighted by Gasteiger charge is 2.11. The van der Waals surface area contributed by atoms with E-state index in [-0.39, 0.29) is 11.3 Å². The number of primary amides is 1. The van der Waals surface area contributed by atoms with Gasteiger partial charge in [0.05, 0.1) is 24.0 Å². The van der Waals surface area contributed by atoms with Crippen LogP contribution in [-0.4, -0.2) is 13.0 Å². The monoisotopic (exact) mass is 275 g/mol. The van der Waals surface area contributed by atoms with Crippen LogP contribution in [-0.2, 0) is 0 Å². The van der Waals surface area contributed by atoms with Crippen LogP contribution in [0.3, 0.4) is 0 Å². The zero-order valence-electron chi connectivity index (χ0n) is 10.8. The van der Waals surface area contributed by atoms with E-state index in [4.69, 9.17) is 16.2 Å². The second-order valence-electron chi connectivity index (χ2n) is 4.14. The number of hydrogen-bond acceptors (Lipinski definition) is 4. The predicted molar refractivity (Wildman–Crippen MR) is 75.6 cm³/mol. The van der Waals surface area contributed by atoms with Gasteiger partial charge in [-0.3, -0.25) is 4.79 Å². The van der Waals surface area contributed by atoms with Crippen LogP contribution in [0.1, 0.15) is 10.4 Å². The van der Waals surface area contributed by atoms with E-state index in [1.54, 1.807) is 6.07 Å². The van der Waals surface area contributed by atoms with Crippen LogP contribution in [0.15, 0.2) is 36.4 Å². The van der Waals surface area contributed by atoms with E-state index >= 15 is 0 Å². The zero-order chi connectivity index (χ0) is 14.7. The molecule has 0 aliphatic rings. The Morgan fingerprint density at radius 2 is 1.95 bits per heavy atom. The van der Waals surface area contributed by atoms with Crippen LogP contribution in [0.5, 0.6) is 5.75 Å². The maximum atomic E-state index is 13.8. The minimum Gasteiger partial charge on any atom is -0.497 e. The number of amides is 1. The molecule has 0 bridgehead atoms. The molecule has 5 nitrogen and oxygen atoms in total. The summed E-state index contributed by atoms with van der Waals surface area (Å²) in [4.78, 5) is 11.4. The Bertz CT molecular complexity index is 659. The first kappa shape index (κ1) is 13.7. The molecule has 20 heavy (non-hydrogen) atoms. The van der Waals surface area contributed by atoms with Crippen LogP contribution in [0.25, 0.3) is 0 Å². The quantitative estimate of drug-likeness (QED) is 0.746. The summed E-state index contributed by atoms with van der Waals surface area (Å²) in [5.74, 6) is -0.627. The Balaban J connectivity index is 2.43. The predicted octanol–water partition coefficient (Wildman–Crippen LogP) is 2.26. The molecule has 0 aliphatic carbocycles. The molecule has 104 valence electrons. The van der Waals surface area contributed by atoms with Crippen molar-refractivity contribution < 1.29 is 13.9 Å². The second-order valence-corrected chi connectivity index (χ2v) is 4.14. The van der Waals surface area contributed by atoms with Crippen molar-refractivity contribution in [3.05, 3.63) is 47.8 Å². The van der Waals surface area contributed by atoms with E-state index in [1.807, 2.05) is 0 Å². The molecule has 6 heteroatoms. The van der Waals surface area contributed by atoms with E-state index in [9.17, 15) is 9.18 Å². The lowest BCUT2D eigenvalue weighted by Gasteiger charge is -2.12. The number of ether oxygens (including phenoxy) is 1. The number of carbonyl (C=O) groups is 1. The Labute approximate surface area is 115 Å². The number of halogens is 1. The summed E-state index contributed by atoms with van der Waals surface area (Å²) in [6.45, 7) is 0. The van der Waals surface area contributed by atoms with Crippen molar-refractivity contribution in [2.75, 3.05) is 18.2 Å². The van der Waals surface area contributed by atoms with Gasteiger partial charge < -0.3 is 21.5 Å². The van der Waals surface area contributed by atoms with Gasteiger partial charge in [-0.25, -0.2) is 4.39 Å². The van der Waals surface area contributed by atoms with E-state index in [0.29, 0.717) is 17.1 Å². The molecule has 0 atom stereocenters. The summed E-state index contributed by atoms with van der Waals surface area (Å²) in [7, 11) is 1.48. The van der Waals surface area contributed by atoms with Gasteiger partial charge in [-0.05, 0) is 30.3 Å². The minimum absolute atomic E-state index is 0.164. The highest BCUT2D eigenvalue weighted by Crippen LogP contribution is 2.27. The molecule has 0 fully saturated rings. The first-order chi connectivity index (χ1) is 9.51. The van der Waals surface area contributed by atoms with Gasteiger partial charge in [0.15, 0.2) is 0 Å². The van der Waals surface area contributed by atoms with Gasteiger partial charge >= 0.3 is 0 Å². The molecule has 2 aromatic carbocycles. The van der Waals surface area contributed by atoms with E-state index in [2.05, 4.69) is 5.32 Å². The normalized spacial score (nSPS) is 10.1. The maximum absolute atomic E-state index is 13.8. The molecule has 0 heterocycles. The molecule has 0 saturated carbocycles. The third kappa shape index (κ3) is 2.80. The molecule has 2 aromatic rings. The number of hydrogen-bond donors (Lipinski definition) is 3. The van der Waals surface area contributed by atoms with Crippen LogP contribution < -0.4 is 21.5 Å². The number of nitrogens with two attached hydrogens (primary N) is 2. The van der Waals surface area contributed by atoms with Crippen LogP contribution in [0.2, 0.25) is 0 Å². The zero-order valence-corrected chi connectivity index (χ0v) is 10.8. The Morgan fingerprint density at radius 3 is 2.60 bits per heavy atom. The third-order valence-corrected chi connectivity index (χ3v) is 2.75. The number of methoxy groups -OCH3 is 1. The Morgan fingerprint density at radius 1 is 1.20 bits per heavy atom. The van der Waals surface area contributed by atoms with Crippen molar-refractivity contribution in [3.8, 4) is 5.75 Å². The molecule has 0 aromatic heterocycles. The number of nitrogen functional groups attached to an aromatic ring is 1. The lowest BCUT2D eigenvalue weighted by Crippen LogP contribution is -2.13. The van der Waals surface area contributed by atoms with Crippen LogP contribution in [0.4, 0.5) is 21.5 Å². The molecular formula is C14H14FN3O2. The molecule has 2 rings (SSSR count). The van der Waals surface area contributed by atoms with Crippen molar-refractivity contribution in [2.45, 2.75) is 0 Å². The van der Waals surface area contributed by atoms with Gasteiger partial charge in [-0.2, -0.15) is 0 Å². The fourth-order valence-corrected chi connectivity index (χ4v) is 1.75.